The molecular weight excluding hydrogens is 250 g/mol. The number of hydrogen-bond donors (Lipinski definition) is 0. The minimum absolute atomic E-state index is 0.108. The van der Waals surface area contributed by atoms with E-state index in [9.17, 15) is 10.5 Å². The number of methoxy groups -OCH3 is 1. The Labute approximate surface area is 120 Å². The molecule has 1 saturated heterocycles. The number of rotatable bonds is 2. The van der Waals surface area contributed by atoms with Gasteiger partial charge in [0.2, 0.25) is 0 Å². The van der Waals surface area contributed by atoms with E-state index in [0.717, 1.165) is 38.0 Å². The van der Waals surface area contributed by atoms with Crippen molar-refractivity contribution in [2.24, 2.45) is 0 Å². The minimum atomic E-state index is -0.108. The molecule has 2 rings (SSSR count). The largest absolute Gasteiger partial charge is 0.378 e. The van der Waals surface area contributed by atoms with Crippen molar-refractivity contribution in [2.75, 3.05) is 25.1 Å². The number of nitriles is 2. The summed E-state index contributed by atoms with van der Waals surface area (Å²) < 4.78 is 5.60. The Balaban J connectivity index is 2.33. The van der Waals surface area contributed by atoms with Crippen LogP contribution in [0.1, 0.15) is 37.3 Å². The molecule has 4 nitrogen and oxygen atoms in total. The summed E-state index contributed by atoms with van der Waals surface area (Å²) in [5, 5.41) is 18.6. The Morgan fingerprint density at radius 1 is 1.15 bits per heavy atom. The Kier molecular flexibility index (Phi) is 4.27. The van der Waals surface area contributed by atoms with Gasteiger partial charge in [0.25, 0.3) is 0 Å². The van der Waals surface area contributed by atoms with E-state index < -0.39 is 0 Å². The second kappa shape index (κ2) is 5.94. The van der Waals surface area contributed by atoms with Crippen LogP contribution in [-0.4, -0.2) is 25.8 Å². The highest BCUT2D eigenvalue weighted by atomic mass is 16.5. The molecule has 1 heterocycles. The highest BCUT2D eigenvalue weighted by molar-refractivity contribution is 5.68. The maximum Gasteiger partial charge on any atom is 0.101 e. The van der Waals surface area contributed by atoms with E-state index in [-0.39, 0.29) is 5.60 Å². The highest BCUT2D eigenvalue weighted by Crippen LogP contribution is 2.31. The summed E-state index contributed by atoms with van der Waals surface area (Å²) in [6, 6.07) is 9.71. The van der Waals surface area contributed by atoms with Crippen LogP contribution in [0.4, 0.5) is 5.69 Å². The number of benzene rings is 1. The lowest BCUT2D eigenvalue weighted by molar-refractivity contribution is -0.00329. The molecule has 0 amide bonds. The van der Waals surface area contributed by atoms with Gasteiger partial charge in [-0.3, -0.25) is 0 Å². The van der Waals surface area contributed by atoms with Crippen molar-refractivity contribution in [1.29, 1.82) is 10.5 Å². The van der Waals surface area contributed by atoms with Crippen LogP contribution < -0.4 is 4.90 Å². The summed E-state index contributed by atoms with van der Waals surface area (Å²) in [5.74, 6) is 0. The van der Waals surface area contributed by atoms with Crippen molar-refractivity contribution >= 4 is 5.69 Å². The van der Waals surface area contributed by atoms with Crippen LogP contribution in [0.2, 0.25) is 0 Å². The first-order valence-corrected chi connectivity index (χ1v) is 6.87. The van der Waals surface area contributed by atoms with E-state index in [4.69, 9.17) is 4.74 Å². The third-order valence-electron chi connectivity index (χ3n) is 4.13. The molecule has 1 unspecified atom stereocenters. The molecule has 0 radical (unpaired) electrons. The number of ether oxygens (including phenoxy) is 1. The number of nitrogens with zero attached hydrogens (tertiary/aromatic N) is 3. The second-order valence-electron chi connectivity index (χ2n) is 5.42. The molecule has 1 aromatic carbocycles. The Morgan fingerprint density at radius 2 is 1.80 bits per heavy atom. The fourth-order valence-corrected chi connectivity index (χ4v) is 2.74. The van der Waals surface area contributed by atoms with Crippen LogP contribution in [0.5, 0.6) is 0 Å². The van der Waals surface area contributed by atoms with Gasteiger partial charge in [0, 0.05) is 20.2 Å². The van der Waals surface area contributed by atoms with Gasteiger partial charge in [0.05, 0.1) is 22.4 Å². The van der Waals surface area contributed by atoms with Gasteiger partial charge in [-0.05, 0) is 38.3 Å². The first kappa shape index (κ1) is 14.4. The van der Waals surface area contributed by atoms with Crippen molar-refractivity contribution in [3.8, 4) is 12.1 Å². The zero-order valence-corrected chi connectivity index (χ0v) is 12.0. The van der Waals surface area contributed by atoms with Gasteiger partial charge in [-0.15, -0.1) is 0 Å². The standard InChI is InChI=1S/C16H19N3O/c1-16(20-2)7-4-9-19(10-8-16)15-13(11-17)5-3-6-14(15)12-18/h3,5-6H,4,7-10H2,1-2H3. The van der Waals surface area contributed by atoms with Gasteiger partial charge in [0.1, 0.15) is 12.1 Å². The Hall–Kier alpha value is -2.04. The fourth-order valence-electron chi connectivity index (χ4n) is 2.74. The van der Waals surface area contributed by atoms with Gasteiger partial charge >= 0.3 is 0 Å². The van der Waals surface area contributed by atoms with Crippen LogP contribution >= 0.6 is 0 Å². The molecule has 0 aliphatic carbocycles. The van der Waals surface area contributed by atoms with Crippen molar-refractivity contribution in [3.05, 3.63) is 29.3 Å². The lowest BCUT2D eigenvalue weighted by atomic mass is 9.97. The first-order valence-electron chi connectivity index (χ1n) is 6.87. The number of para-hydroxylation sites is 1. The average Bonchev–Trinajstić information content (AvgIpc) is 2.69. The summed E-state index contributed by atoms with van der Waals surface area (Å²) in [6.07, 6.45) is 2.89. The summed E-state index contributed by atoms with van der Waals surface area (Å²) in [6.45, 7) is 3.78. The van der Waals surface area contributed by atoms with Gasteiger partial charge in [-0.25, -0.2) is 0 Å². The van der Waals surface area contributed by atoms with Crippen LogP contribution in [0.25, 0.3) is 0 Å². The van der Waals surface area contributed by atoms with Gasteiger partial charge in [0.15, 0.2) is 0 Å². The molecule has 4 heteroatoms. The van der Waals surface area contributed by atoms with Crippen molar-refractivity contribution in [1.82, 2.24) is 0 Å². The quantitative estimate of drug-likeness (QED) is 0.828. The SMILES string of the molecule is COC1(C)CCCN(c2c(C#N)cccc2C#N)CC1. The molecule has 1 atom stereocenters. The van der Waals surface area contributed by atoms with Crippen LogP contribution in [0.3, 0.4) is 0 Å². The zero-order chi connectivity index (χ0) is 14.6. The molecule has 1 aromatic rings. The van der Waals surface area contributed by atoms with E-state index in [1.54, 1.807) is 25.3 Å². The van der Waals surface area contributed by atoms with Gasteiger partial charge in [-0.1, -0.05) is 6.07 Å². The predicted octanol–water partition coefficient (Wildman–Crippen LogP) is 2.83. The monoisotopic (exact) mass is 269 g/mol. The topological polar surface area (TPSA) is 60.0 Å². The molecule has 0 spiro atoms. The maximum absolute atomic E-state index is 9.28. The molecule has 1 aliphatic heterocycles. The van der Waals surface area contributed by atoms with E-state index in [1.165, 1.54) is 0 Å². The van der Waals surface area contributed by atoms with Gasteiger partial charge < -0.3 is 9.64 Å². The van der Waals surface area contributed by atoms with E-state index in [0.29, 0.717) is 11.1 Å². The maximum atomic E-state index is 9.28. The number of hydrogen-bond acceptors (Lipinski definition) is 4. The van der Waals surface area contributed by atoms with Crippen LogP contribution in [0, 0.1) is 22.7 Å². The third-order valence-corrected chi connectivity index (χ3v) is 4.13. The zero-order valence-electron chi connectivity index (χ0n) is 12.0. The van der Waals surface area contributed by atoms with Crippen molar-refractivity contribution < 1.29 is 4.74 Å². The van der Waals surface area contributed by atoms with E-state index in [1.807, 2.05) is 0 Å². The predicted molar refractivity (Wildman–Crippen MR) is 77.4 cm³/mol. The molecule has 20 heavy (non-hydrogen) atoms. The molecule has 0 aromatic heterocycles. The molecule has 1 aliphatic rings. The Bertz CT molecular complexity index is 538. The molecule has 0 bridgehead atoms. The smallest absolute Gasteiger partial charge is 0.101 e. The summed E-state index contributed by atoms with van der Waals surface area (Å²) in [4.78, 5) is 2.15. The molecular formula is C16H19N3O. The lowest BCUT2D eigenvalue weighted by Gasteiger charge is -2.28. The summed E-state index contributed by atoms with van der Waals surface area (Å²) in [7, 11) is 1.75. The Morgan fingerprint density at radius 3 is 2.35 bits per heavy atom. The first-order chi connectivity index (χ1) is 9.63. The molecule has 1 fully saturated rings. The number of anilines is 1. The fraction of sp³-hybridized carbons (Fsp3) is 0.500. The minimum Gasteiger partial charge on any atom is -0.378 e. The molecule has 104 valence electrons. The average molecular weight is 269 g/mol. The van der Waals surface area contributed by atoms with Crippen molar-refractivity contribution in [3.63, 3.8) is 0 Å². The lowest BCUT2D eigenvalue weighted by Crippen LogP contribution is -2.30. The molecule has 0 saturated carbocycles. The summed E-state index contributed by atoms with van der Waals surface area (Å²) >= 11 is 0. The van der Waals surface area contributed by atoms with Crippen molar-refractivity contribution in [2.45, 2.75) is 31.8 Å². The van der Waals surface area contributed by atoms with E-state index >= 15 is 0 Å². The van der Waals surface area contributed by atoms with Gasteiger partial charge in [-0.2, -0.15) is 10.5 Å². The summed E-state index contributed by atoms with van der Waals surface area (Å²) in [5.41, 5.74) is 1.82. The normalized spacial score (nSPS) is 22.7. The molecule has 0 N–H and O–H groups in total. The highest BCUT2D eigenvalue weighted by Gasteiger charge is 2.28. The third kappa shape index (κ3) is 2.76. The van der Waals surface area contributed by atoms with Crippen LogP contribution in [0.15, 0.2) is 18.2 Å². The van der Waals surface area contributed by atoms with E-state index in [2.05, 4.69) is 24.0 Å². The van der Waals surface area contributed by atoms with Crippen LogP contribution in [-0.2, 0) is 4.74 Å². The second-order valence-corrected chi connectivity index (χ2v) is 5.42.